The van der Waals surface area contributed by atoms with Crippen LogP contribution in [0.3, 0.4) is 0 Å². The molecule has 2 N–H and O–H groups in total. The molecule has 4 rings (SSSR count). The second kappa shape index (κ2) is 10.9. The Kier molecular flexibility index (Phi) is 7.53. The maximum absolute atomic E-state index is 5.57. The van der Waals surface area contributed by atoms with Crippen LogP contribution in [-0.4, -0.2) is 62.8 Å². The second-order valence-electron chi connectivity index (χ2n) is 7.74. The number of methoxy groups -OCH3 is 1. The normalized spacial score (nSPS) is 16.0. The van der Waals surface area contributed by atoms with E-state index in [-0.39, 0.29) is 6.04 Å². The first kappa shape index (κ1) is 22.0. The molecule has 2 heterocycles. The van der Waals surface area contributed by atoms with Crippen LogP contribution in [-0.2, 0) is 11.3 Å². The number of aromatic nitrogens is 1. The van der Waals surface area contributed by atoms with E-state index in [0.717, 1.165) is 61.0 Å². The highest BCUT2D eigenvalue weighted by molar-refractivity contribution is 5.83. The summed E-state index contributed by atoms with van der Waals surface area (Å²) in [6.07, 6.45) is 1.83. The molecule has 0 bridgehead atoms. The molecule has 168 valence electrons. The molecular formula is C25H31N5O2. The molecule has 32 heavy (non-hydrogen) atoms. The Hall–Kier alpha value is -3.16. The lowest BCUT2D eigenvalue weighted by Crippen LogP contribution is -2.46. The quantitative estimate of drug-likeness (QED) is 0.441. The first-order valence-corrected chi connectivity index (χ1v) is 11.0. The molecule has 7 nitrogen and oxygen atoms in total. The number of para-hydroxylation sites is 1. The zero-order chi connectivity index (χ0) is 22.2. The highest BCUT2D eigenvalue weighted by Gasteiger charge is 2.23. The largest absolute Gasteiger partial charge is 0.497 e. The fourth-order valence-corrected chi connectivity index (χ4v) is 4.08. The minimum absolute atomic E-state index is 0.211. The standard InChI is InChI=1S/C25H31N5O2/c1-26-25(28-17-21-6-3-5-20-7-4-12-27-24(20)21)29-18-23(30-13-15-32-16-14-30)19-8-10-22(31-2)11-9-19/h3-12,23H,13-18H2,1-2H3,(H2,26,28,29). The SMILES string of the molecule is CN=C(NCc1cccc2cccnc12)NCC(c1ccc(OC)cc1)N1CCOCC1. The predicted molar refractivity (Wildman–Crippen MR) is 128 cm³/mol. The summed E-state index contributed by atoms with van der Waals surface area (Å²) in [6, 6.07) is 18.8. The Bertz CT molecular complexity index is 1030. The van der Waals surface area contributed by atoms with Crippen molar-refractivity contribution >= 4 is 16.9 Å². The Balaban J connectivity index is 1.43. The van der Waals surface area contributed by atoms with Crippen LogP contribution in [0.1, 0.15) is 17.2 Å². The smallest absolute Gasteiger partial charge is 0.191 e. The number of morpholine rings is 1. The number of aliphatic imine (C=N–C) groups is 1. The molecule has 0 spiro atoms. The summed E-state index contributed by atoms with van der Waals surface area (Å²) in [7, 11) is 3.49. The average molecular weight is 434 g/mol. The van der Waals surface area contributed by atoms with Gasteiger partial charge in [-0.05, 0) is 29.3 Å². The lowest BCUT2D eigenvalue weighted by molar-refractivity contribution is 0.0170. The van der Waals surface area contributed by atoms with Gasteiger partial charge in [0.2, 0.25) is 0 Å². The first-order valence-electron chi connectivity index (χ1n) is 11.0. The van der Waals surface area contributed by atoms with Crippen LogP contribution in [0.5, 0.6) is 5.75 Å². The molecule has 1 atom stereocenters. The summed E-state index contributed by atoms with van der Waals surface area (Å²) in [4.78, 5) is 11.4. The molecule has 0 aliphatic carbocycles. The van der Waals surface area contributed by atoms with Crippen LogP contribution < -0.4 is 15.4 Å². The van der Waals surface area contributed by atoms with E-state index in [0.29, 0.717) is 6.54 Å². The van der Waals surface area contributed by atoms with E-state index in [1.807, 2.05) is 24.4 Å². The number of nitrogens with zero attached hydrogens (tertiary/aromatic N) is 3. The number of ether oxygens (including phenoxy) is 2. The third-order valence-electron chi connectivity index (χ3n) is 5.84. The summed E-state index contributed by atoms with van der Waals surface area (Å²) >= 11 is 0. The van der Waals surface area contributed by atoms with Gasteiger partial charge in [0.05, 0.1) is 31.9 Å². The van der Waals surface area contributed by atoms with Gasteiger partial charge in [0.25, 0.3) is 0 Å². The third kappa shape index (κ3) is 5.36. The van der Waals surface area contributed by atoms with Crippen LogP contribution in [0.4, 0.5) is 0 Å². The van der Waals surface area contributed by atoms with Gasteiger partial charge in [-0.3, -0.25) is 14.9 Å². The predicted octanol–water partition coefficient (Wildman–Crippen LogP) is 2.98. The highest BCUT2D eigenvalue weighted by Crippen LogP contribution is 2.23. The van der Waals surface area contributed by atoms with E-state index in [2.05, 4.69) is 61.9 Å². The molecule has 1 unspecified atom stereocenters. The molecule has 1 fully saturated rings. The van der Waals surface area contributed by atoms with Crippen molar-refractivity contribution in [1.82, 2.24) is 20.5 Å². The molecule has 1 aliphatic heterocycles. The number of hydrogen-bond acceptors (Lipinski definition) is 5. The lowest BCUT2D eigenvalue weighted by Gasteiger charge is -2.35. The van der Waals surface area contributed by atoms with Gasteiger partial charge >= 0.3 is 0 Å². The number of guanidine groups is 1. The van der Waals surface area contributed by atoms with E-state index in [1.54, 1.807) is 14.2 Å². The van der Waals surface area contributed by atoms with Crippen LogP contribution in [0.15, 0.2) is 65.8 Å². The van der Waals surface area contributed by atoms with Gasteiger partial charge in [-0.25, -0.2) is 0 Å². The highest BCUT2D eigenvalue weighted by atomic mass is 16.5. The molecule has 1 aromatic heterocycles. The third-order valence-corrected chi connectivity index (χ3v) is 5.84. The molecule has 2 aromatic carbocycles. The van der Waals surface area contributed by atoms with Crippen molar-refractivity contribution in [2.45, 2.75) is 12.6 Å². The van der Waals surface area contributed by atoms with Gasteiger partial charge in [-0.2, -0.15) is 0 Å². The zero-order valence-corrected chi connectivity index (χ0v) is 18.8. The maximum atomic E-state index is 5.57. The van der Waals surface area contributed by atoms with E-state index in [1.165, 1.54) is 5.56 Å². The van der Waals surface area contributed by atoms with Gasteiger partial charge < -0.3 is 20.1 Å². The number of rotatable bonds is 7. The molecular weight excluding hydrogens is 402 g/mol. The average Bonchev–Trinajstić information content (AvgIpc) is 2.87. The Morgan fingerprint density at radius 1 is 1.09 bits per heavy atom. The van der Waals surface area contributed by atoms with Gasteiger partial charge in [-0.15, -0.1) is 0 Å². The van der Waals surface area contributed by atoms with Crippen molar-refractivity contribution in [2.75, 3.05) is 47.0 Å². The first-order chi connectivity index (χ1) is 15.8. The molecule has 1 aliphatic rings. The molecule has 1 saturated heterocycles. The number of pyridine rings is 1. The molecule has 0 saturated carbocycles. The topological polar surface area (TPSA) is 71.0 Å². The van der Waals surface area contributed by atoms with Crippen LogP contribution >= 0.6 is 0 Å². The fraction of sp³-hybridized carbons (Fsp3) is 0.360. The van der Waals surface area contributed by atoms with Gasteiger partial charge in [0, 0.05) is 44.8 Å². The number of fused-ring (bicyclic) bond motifs is 1. The minimum atomic E-state index is 0.211. The molecule has 3 aromatic rings. The molecule has 7 heteroatoms. The summed E-state index contributed by atoms with van der Waals surface area (Å²) in [5.41, 5.74) is 3.40. The summed E-state index contributed by atoms with van der Waals surface area (Å²) < 4.78 is 10.9. The van der Waals surface area contributed by atoms with Crippen molar-refractivity contribution in [3.8, 4) is 5.75 Å². The van der Waals surface area contributed by atoms with Crippen LogP contribution in [0, 0.1) is 0 Å². The van der Waals surface area contributed by atoms with E-state index in [9.17, 15) is 0 Å². The molecule has 0 amide bonds. The van der Waals surface area contributed by atoms with Gasteiger partial charge in [-0.1, -0.05) is 36.4 Å². The van der Waals surface area contributed by atoms with Crippen LogP contribution in [0.2, 0.25) is 0 Å². The van der Waals surface area contributed by atoms with Crippen molar-refractivity contribution in [2.24, 2.45) is 4.99 Å². The Labute approximate surface area is 189 Å². The van der Waals surface area contributed by atoms with Crippen molar-refractivity contribution in [3.05, 3.63) is 71.9 Å². The number of nitrogens with one attached hydrogen (secondary N) is 2. The zero-order valence-electron chi connectivity index (χ0n) is 18.8. The van der Waals surface area contributed by atoms with Crippen molar-refractivity contribution < 1.29 is 9.47 Å². The minimum Gasteiger partial charge on any atom is -0.497 e. The van der Waals surface area contributed by atoms with E-state index < -0.39 is 0 Å². The van der Waals surface area contributed by atoms with E-state index in [4.69, 9.17) is 9.47 Å². The number of benzene rings is 2. The lowest BCUT2D eigenvalue weighted by atomic mass is 10.0. The monoisotopic (exact) mass is 433 g/mol. The van der Waals surface area contributed by atoms with Gasteiger partial charge in [0.1, 0.15) is 5.75 Å². The maximum Gasteiger partial charge on any atom is 0.191 e. The van der Waals surface area contributed by atoms with Gasteiger partial charge in [0.15, 0.2) is 5.96 Å². The van der Waals surface area contributed by atoms with Crippen molar-refractivity contribution in [3.63, 3.8) is 0 Å². The van der Waals surface area contributed by atoms with Crippen LogP contribution in [0.25, 0.3) is 10.9 Å². The Morgan fingerprint density at radius 2 is 1.88 bits per heavy atom. The Morgan fingerprint density at radius 3 is 2.62 bits per heavy atom. The fourth-order valence-electron chi connectivity index (χ4n) is 4.08. The van der Waals surface area contributed by atoms with Crippen molar-refractivity contribution in [1.29, 1.82) is 0 Å². The summed E-state index contributed by atoms with van der Waals surface area (Å²) in [5, 5.41) is 8.10. The summed E-state index contributed by atoms with van der Waals surface area (Å²) in [5.74, 6) is 1.63. The molecule has 0 radical (unpaired) electrons. The second-order valence-corrected chi connectivity index (χ2v) is 7.74. The van der Waals surface area contributed by atoms with E-state index >= 15 is 0 Å². The summed E-state index contributed by atoms with van der Waals surface area (Å²) in [6.45, 7) is 4.72. The number of hydrogen-bond donors (Lipinski definition) is 2.